The van der Waals surface area contributed by atoms with Gasteiger partial charge in [-0.2, -0.15) is 0 Å². The number of ether oxygens (including phenoxy) is 2. The van der Waals surface area contributed by atoms with Crippen molar-refractivity contribution in [3.05, 3.63) is 24.3 Å². The highest BCUT2D eigenvalue weighted by molar-refractivity contribution is 5.91. The highest BCUT2D eigenvalue weighted by Crippen LogP contribution is 2.20. The van der Waals surface area contributed by atoms with E-state index >= 15 is 0 Å². The summed E-state index contributed by atoms with van der Waals surface area (Å²) < 4.78 is 10.3. The summed E-state index contributed by atoms with van der Waals surface area (Å²) in [7, 11) is 1.69. The highest BCUT2D eigenvalue weighted by Gasteiger charge is 2.07. The first-order chi connectivity index (χ1) is 9.04. The molecule has 1 amide bonds. The summed E-state index contributed by atoms with van der Waals surface area (Å²) in [6.45, 7) is 3.89. The molecule has 0 N–H and O–H groups in total. The van der Waals surface area contributed by atoms with Gasteiger partial charge >= 0.3 is 5.97 Å². The van der Waals surface area contributed by atoms with Gasteiger partial charge in [-0.3, -0.25) is 9.59 Å². The second kappa shape index (κ2) is 7.41. The van der Waals surface area contributed by atoms with E-state index in [0.29, 0.717) is 12.4 Å². The Hall–Kier alpha value is -2.04. The van der Waals surface area contributed by atoms with E-state index in [1.165, 1.54) is 11.8 Å². The van der Waals surface area contributed by atoms with Crippen LogP contribution in [0, 0.1) is 0 Å². The second-order valence-electron chi connectivity index (χ2n) is 3.98. The molecule has 5 heteroatoms. The lowest BCUT2D eigenvalue weighted by Gasteiger charge is -2.16. The zero-order chi connectivity index (χ0) is 14.3. The van der Waals surface area contributed by atoms with Gasteiger partial charge in [0.05, 0.1) is 19.6 Å². The predicted octanol–water partition coefficient (Wildman–Crippen LogP) is 2.00. The number of carbonyl (C=O) groups is 2. The smallest absolute Gasteiger partial charge is 0.309 e. The van der Waals surface area contributed by atoms with Crippen LogP contribution in [0.25, 0.3) is 0 Å². The lowest BCUT2D eigenvalue weighted by molar-refractivity contribution is -0.143. The highest BCUT2D eigenvalue weighted by atomic mass is 16.5. The monoisotopic (exact) mass is 265 g/mol. The first-order valence-corrected chi connectivity index (χ1v) is 6.17. The third-order valence-electron chi connectivity index (χ3n) is 2.56. The van der Waals surface area contributed by atoms with Gasteiger partial charge in [-0.1, -0.05) is 6.07 Å². The first-order valence-electron chi connectivity index (χ1n) is 6.17. The van der Waals surface area contributed by atoms with Crippen molar-refractivity contribution in [3.8, 4) is 5.75 Å². The maximum atomic E-state index is 11.3. The van der Waals surface area contributed by atoms with Gasteiger partial charge in [-0.05, 0) is 19.1 Å². The van der Waals surface area contributed by atoms with Crippen LogP contribution in [0.1, 0.15) is 20.3 Å². The SMILES string of the molecule is CCOC(=O)CCOc1cccc(N(C)C(C)=O)c1. The Morgan fingerprint density at radius 2 is 2.05 bits per heavy atom. The summed E-state index contributed by atoms with van der Waals surface area (Å²) in [4.78, 5) is 23.9. The van der Waals surface area contributed by atoms with Crippen LogP contribution in [0.2, 0.25) is 0 Å². The van der Waals surface area contributed by atoms with Crippen LogP contribution in [-0.4, -0.2) is 32.1 Å². The fraction of sp³-hybridized carbons (Fsp3) is 0.429. The van der Waals surface area contributed by atoms with Gasteiger partial charge in [0.25, 0.3) is 0 Å². The van der Waals surface area contributed by atoms with E-state index in [1.807, 2.05) is 6.07 Å². The first kappa shape index (κ1) is 15.0. The van der Waals surface area contributed by atoms with Crippen molar-refractivity contribution in [1.29, 1.82) is 0 Å². The van der Waals surface area contributed by atoms with Gasteiger partial charge in [0.2, 0.25) is 5.91 Å². The molecule has 0 heterocycles. The zero-order valence-electron chi connectivity index (χ0n) is 11.5. The van der Waals surface area contributed by atoms with E-state index in [0.717, 1.165) is 5.69 Å². The Bertz CT molecular complexity index is 445. The molecule has 1 rings (SSSR count). The van der Waals surface area contributed by atoms with Crippen molar-refractivity contribution < 1.29 is 19.1 Å². The maximum Gasteiger partial charge on any atom is 0.309 e. The molecular formula is C14H19NO4. The fourth-order valence-electron chi connectivity index (χ4n) is 1.45. The summed E-state index contributed by atoms with van der Waals surface area (Å²) in [6, 6.07) is 7.16. The molecule has 104 valence electrons. The molecule has 0 saturated carbocycles. The van der Waals surface area contributed by atoms with E-state index in [4.69, 9.17) is 9.47 Å². The van der Waals surface area contributed by atoms with Crippen LogP contribution in [0.15, 0.2) is 24.3 Å². The van der Waals surface area contributed by atoms with E-state index in [1.54, 1.807) is 32.2 Å². The molecule has 1 aromatic rings. The minimum Gasteiger partial charge on any atom is -0.493 e. The van der Waals surface area contributed by atoms with Crippen LogP contribution in [-0.2, 0) is 14.3 Å². The van der Waals surface area contributed by atoms with Crippen LogP contribution in [0.3, 0.4) is 0 Å². The van der Waals surface area contributed by atoms with Crippen molar-refractivity contribution in [1.82, 2.24) is 0 Å². The lowest BCUT2D eigenvalue weighted by atomic mass is 10.3. The summed E-state index contributed by atoms with van der Waals surface area (Å²) in [5, 5.41) is 0. The van der Waals surface area contributed by atoms with Crippen LogP contribution in [0.4, 0.5) is 5.69 Å². The summed E-state index contributed by atoms with van der Waals surface area (Å²) in [5.74, 6) is 0.290. The van der Waals surface area contributed by atoms with E-state index < -0.39 is 0 Å². The van der Waals surface area contributed by atoms with Crippen LogP contribution >= 0.6 is 0 Å². The molecule has 0 atom stereocenters. The Balaban J connectivity index is 2.53. The van der Waals surface area contributed by atoms with Crippen molar-refractivity contribution in [2.24, 2.45) is 0 Å². The number of amides is 1. The third kappa shape index (κ3) is 4.99. The van der Waals surface area contributed by atoms with Crippen molar-refractivity contribution in [2.45, 2.75) is 20.3 Å². The number of anilines is 1. The number of esters is 1. The number of hydrogen-bond donors (Lipinski definition) is 0. The molecule has 0 unspecified atom stereocenters. The summed E-state index contributed by atoms with van der Waals surface area (Å²) >= 11 is 0. The molecule has 19 heavy (non-hydrogen) atoms. The van der Waals surface area contributed by atoms with Gasteiger partial charge in [-0.25, -0.2) is 0 Å². The Morgan fingerprint density at radius 1 is 1.32 bits per heavy atom. The molecule has 0 bridgehead atoms. The number of hydrogen-bond acceptors (Lipinski definition) is 4. The molecule has 0 fully saturated rings. The quantitative estimate of drug-likeness (QED) is 0.738. The van der Waals surface area contributed by atoms with Gasteiger partial charge < -0.3 is 14.4 Å². The normalized spacial score (nSPS) is 9.84. The molecule has 0 aliphatic rings. The fourth-order valence-corrected chi connectivity index (χ4v) is 1.45. The summed E-state index contributed by atoms with van der Waals surface area (Å²) in [5.41, 5.74) is 0.751. The minimum atomic E-state index is -0.278. The molecule has 0 radical (unpaired) electrons. The van der Waals surface area contributed by atoms with Crippen molar-refractivity contribution in [2.75, 3.05) is 25.2 Å². The van der Waals surface area contributed by atoms with Crippen molar-refractivity contribution in [3.63, 3.8) is 0 Å². The minimum absolute atomic E-state index is 0.0522. The third-order valence-corrected chi connectivity index (χ3v) is 2.56. The number of benzene rings is 1. The van der Waals surface area contributed by atoms with E-state index in [9.17, 15) is 9.59 Å². The van der Waals surface area contributed by atoms with E-state index in [-0.39, 0.29) is 24.9 Å². The largest absolute Gasteiger partial charge is 0.493 e. The van der Waals surface area contributed by atoms with Crippen molar-refractivity contribution >= 4 is 17.6 Å². The standard InChI is InChI=1S/C14H19NO4/c1-4-18-14(17)8-9-19-13-7-5-6-12(10-13)15(3)11(2)16/h5-7,10H,4,8-9H2,1-3H3. The molecule has 0 aliphatic heterocycles. The summed E-state index contributed by atoms with van der Waals surface area (Å²) in [6.07, 6.45) is 0.209. The Kier molecular flexibility index (Phi) is 5.85. The molecule has 0 aromatic heterocycles. The van der Waals surface area contributed by atoms with Crippen LogP contribution < -0.4 is 9.64 Å². The molecule has 1 aromatic carbocycles. The number of carbonyl (C=O) groups excluding carboxylic acids is 2. The number of rotatable bonds is 6. The van der Waals surface area contributed by atoms with Gasteiger partial charge in [0.15, 0.2) is 0 Å². The van der Waals surface area contributed by atoms with E-state index in [2.05, 4.69) is 0 Å². The molecular weight excluding hydrogens is 246 g/mol. The predicted molar refractivity (Wildman–Crippen MR) is 72.3 cm³/mol. The van der Waals surface area contributed by atoms with Gasteiger partial charge in [-0.15, -0.1) is 0 Å². The Morgan fingerprint density at radius 3 is 2.68 bits per heavy atom. The maximum absolute atomic E-state index is 11.3. The second-order valence-corrected chi connectivity index (χ2v) is 3.98. The van der Waals surface area contributed by atoms with Gasteiger partial charge in [0, 0.05) is 25.7 Å². The van der Waals surface area contributed by atoms with Gasteiger partial charge in [0.1, 0.15) is 5.75 Å². The zero-order valence-corrected chi connectivity index (χ0v) is 11.5. The number of nitrogens with zero attached hydrogens (tertiary/aromatic N) is 1. The lowest BCUT2D eigenvalue weighted by Crippen LogP contribution is -2.22. The molecule has 5 nitrogen and oxygen atoms in total. The topological polar surface area (TPSA) is 55.8 Å². The average molecular weight is 265 g/mol. The molecule has 0 spiro atoms. The average Bonchev–Trinajstić information content (AvgIpc) is 2.38. The molecule has 0 saturated heterocycles. The Labute approximate surface area is 113 Å². The molecule has 0 aliphatic carbocycles. The van der Waals surface area contributed by atoms with Crippen LogP contribution in [0.5, 0.6) is 5.75 Å².